The SMILES string of the molecule is CCS(=O)(=O)Nc1ccccc1C(=O)NCC(N)c1ccc(C(C)C)cc1. The lowest BCUT2D eigenvalue weighted by Crippen LogP contribution is -2.32. The van der Waals surface area contributed by atoms with Crippen LogP contribution in [0.3, 0.4) is 0 Å². The number of rotatable bonds is 8. The summed E-state index contributed by atoms with van der Waals surface area (Å²) in [6.07, 6.45) is 0. The van der Waals surface area contributed by atoms with Crippen molar-refractivity contribution in [2.24, 2.45) is 5.73 Å². The monoisotopic (exact) mass is 389 g/mol. The molecule has 6 nitrogen and oxygen atoms in total. The number of anilines is 1. The second kappa shape index (κ2) is 9.01. The van der Waals surface area contributed by atoms with Gasteiger partial charge in [-0.25, -0.2) is 8.42 Å². The molecule has 2 rings (SSSR count). The minimum atomic E-state index is -3.47. The number of hydrogen-bond donors (Lipinski definition) is 3. The second-order valence-corrected chi connectivity index (χ2v) is 8.70. The zero-order chi connectivity index (χ0) is 20.0. The maximum absolute atomic E-state index is 12.5. The number of nitrogens with two attached hydrogens (primary N) is 1. The molecule has 2 aromatic carbocycles. The van der Waals surface area contributed by atoms with Gasteiger partial charge in [0.1, 0.15) is 0 Å². The van der Waals surface area contributed by atoms with Crippen LogP contribution < -0.4 is 15.8 Å². The van der Waals surface area contributed by atoms with Crippen LogP contribution in [-0.2, 0) is 10.0 Å². The molecule has 0 aliphatic rings. The first-order valence-corrected chi connectivity index (χ1v) is 10.6. The molecule has 27 heavy (non-hydrogen) atoms. The summed E-state index contributed by atoms with van der Waals surface area (Å²) >= 11 is 0. The molecule has 0 aliphatic heterocycles. The predicted octanol–water partition coefficient (Wildman–Crippen LogP) is 3.00. The van der Waals surface area contributed by atoms with Gasteiger partial charge in [-0.1, -0.05) is 50.2 Å². The maximum Gasteiger partial charge on any atom is 0.253 e. The Morgan fingerprint density at radius 3 is 2.22 bits per heavy atom. The van der Waals surface area contributed by atoms with Gasteiger partial charge in [0, 0.05) is 12.6 Å². The predicted molar refractivity (Wildman–Crippen MR) is 109 cm³/mol. The van der Waals surface area contributed by atoms with Crippen LogP contribution in [0.2, 0.25) is 0 Å². The summed E-state index contributed by atoms with van der Waals surface area (Å²) < 4.78 is 26.0. The standard InChI is InChI=1S/C20H27N3O3S/c1-4-27(25,26)23-19-8-6-5-7-17(19)20(24)22-13-18(21)16-11-9-15(10-12-16)14(2)3/h5-12,14,18,23H,4,13,21H2,1-3H3,(H,22,24). The summed E-state index contributed by atoms with van der Waals surface area (Å²) in [5, 5.41) is 2.78. The highest BCUT2D eigenvalue weighted by Crippen LogP contribution is 2.19. The summed E-state index contributed by atoms with van der Waals surface area (Å²) in [4.78, 5) is 12.5. The van der Waals surface area contributed by atoms with E-state index in [0.29, 0.717) is 5.92 Å². The van der Waals surface area contributed by atoms with E-state index in [4.69, 9.17) is 5.73 Å². The number of benzene rings is 2. The Hall–Kier alpha value is -2.38. The smallest absolute Gasteiger partial charge is 0.253 e. The molecule has 7 heteroatoms. The molecule has 0 aliphatic carbocycles. The highest BCUT2D eigenvalue weighted by molar-refractivity contribution is 7.92. The highest BCUT2D eigenvalue weighted by Gasteiger charge is 2.16. The van der Waals surface area contributed by atoms with Crippen LogP contribution >= 0.6 is 0 Å². The molecule has 0 saturated heterocycles. The normalized spacial score (nSPS) is 12.6. The molecule has 4 N–H and O–H groups in total. The van der Waals surface area contributed by atoms with E-state index < -0.39 is 10.0 Å². The van der Waals surface area contributed by atoms with Gasteiger partial charge in [-0.3, -0.25) is 9.52 Å². The van der Waals surface area contributed by atoms with Gasteiger partial charge in [-0.05, 0) is 36.1 Å². The Morgan fingerprint density at radius 2 is 1.63 bits per heavy atom. The van der Waals surface area contributed by atoms with Crippen molar-refractivity contribution < 1.29 is 13.2 Å². The zero-order valence-corrected chi connectivity index (χ0v) is 16.7. The van der Waals surface area contributed by atoms with E-state index in [0.717, 1.165) is 5.56 Å². The Morgan fingerprint density at radius 1 is 1.04 bits per heavy atom. The van der Waals surface area contributed by atoms with Crippen molar-refractivity contribution in [1.82, 2.24) is 5.32 Å². The Labute approximate surface area is 161 Å². The Bertz CT molecular complexity index is 878. The van der Waals surface area contributed by atoms with Crippen LogP contribution in [-0.4, -0.2) is 26.6 Å². The van der Waals surface area contributed by atoms with E-state index >= 15 is 0 Å². The quantitative estimate of drug-likeness (QED) is 0.646. The van der Waals surface area contributed by atoms with Crippen LogP contribution in [0.5, 0.6) is 0 Å². The van der Waals surface area contributed by atoms with Crippen molar-refractivity contribution in [2.75, 3.05) is 17.0 Å². The molecule has 0 spiro atoms. The average Bonchev–Trinajstić information content (AvgIpc) is 2.66. The number of carbonyl (C=O) groups is 1. The summed E-state index contributed by atoms with van der Waals surface area (Å²) in [6.45, 7) is 6.03. The highest BCUT2D eigenvalue weighted by atomic mass is 32.2. The Kier molecular flexibility index (Phi) is 6.98. The summed E-state index contributed by atoms with van der Waals surface area (Å²) in [7, 11) is -3.47. The minimum absolute atomic E-state index is 0.0692. The topological polar surface area (TPSA) is 101 Å². The third-order valence-electron chi connectivity index (χ3n) is 4.33. The number of sulfonamides is 1. The number of amides is 1. The third-order valence-corrected chi connectivity index (χ3v) is 5.62. The summed E-state index contributed by atoms with van der Waals surface area (Å²) in [5.74, 6) is -0.00255. The minimum Gasteiger partial charge on any atom is -0.350 e. The first-order valence-electron chi connectivity index (χ1n) is 8.96. The second-order valence-electron chi connectivity index (χ2n) is 6.69. The fraction of sp³-hybridized carbons (Fsp3) is 0.350. The van der Waals surface area contributed by atoms with Gasteiger partial charge in [0.05, 0.1) is 17.0 Å². The van der Waals surface area contributed by atoms with Gasteiger partial charge in [-0.2, -0.15) is 0 Å². The molecule has 0 radical (unpaired) electrons. The molecule has 0 saturated carbocycles. The largest absolute Gasteiger partial charge is 0.350 e. The van der Waals surface area contributed by atoms with Gasteiger partial charge in [0.25, 0.3) is 5.91 Å². The molecule has 0 fully saturated rings. The van der Waals surface area contributed by atoms with Gasteiger partial charge in [0.15, 0.2) is 0 Å². The first-order chi connectivity index (χ1) is 12.7. The van der Waals surface area contributed by atoms with Crippen molar-refractivity contribution >= 4 is 21.6 Å². The van der Waals surface area contributed by atoms with Gasteiger partial charge in [0.2, 0.25) is 10.0 Å². The number of para-hydroxylation sites is 1. The fourth-order valence-corrected chi connectivity index (χ4v) is 3.21. The molecular formula is C20H27N3O3S. The first kappa shape index (κ1) is 20.9. The Balaban J connectivity index is 2.05. The van der Waals surface area contributed by atoms with E-state index in [1.54, 1.807) is 24.3 Å². The number of nitrogens with one attached hydrogen (secondary N) is 2. The number of carbonyl (C=O) groups excluding carboxylic acids is 1. The van der Waals surface area contributed by atoms with Gasteiger partial charge < -0.3 is 11.1 Å². The van der Waals surface area contributed by atoms with Crippen molar-refractivity contribution in [3.05, 3.63) is 65.2 Å². The lowest BCUT2D eigenvalue weighted by Gasteiger charge is -2.16. The maximum atomic E-state index is 12.5. The van der Waals surface area contributed by atoms with Gasteiger partial charge in [-0.15, -0.1) is 0 Å². The molecule has 0 heterocycles. The molecule has 2 aromatic rings. The molecule has 0 bridgehead atoms. The van der Waals surface area contributed by atoms with Crippen molar-refractivity contribution in [2.45, 2.75) is 32.7 Å². The van der Waals surface area contributed by atoms with Crippen LogP contribution in [0.25, 0.3) is 0 Å². The lowest BCUT2D eigenvalue weighted by atomic mass is 9.99. The zero-order valence-electron chi connectivity index (χ0n) is 15.9. The van der Waals surface area contributed by atoms with Crippen LogP contribution in [0.15, 0.2) is 48.5 Å². The molecule has 1 amide bonds. The summed E-state index contributed by atoms with van der Waals surface area (Å²) in [5.41, 5.74) is 8.86. The molecule has 1 unspecified atom stereocenters. The van der Waals surface area contributed by atoms with Crippen LogP contribution in [0.4, 0.5) is 5.69 Å². The van der Waals surface area contributed by atoms with Crippen molar-refractivity contribution in [3.8, 4) is 0 Å². The number of hydrogen-bond acceptors (Lipinski definition) is 4. The summed E-state index contributed by atoms with van der Waals surface area (Å²) in [6, 6.07) is 14.2. The molecule has 1 atom stereocenters. The van der Waals surface area contributed by atoms with Crippen LogP contribution in [0.1, 0.15) is 54.2 Å². The van der Waals surface area contributed by atoms with E-state index in [9.17, 15) is 13.2 Å². The molecular weight excluding hydrogens is 362 g/mol. The lowest BCUT2D eigenvalue weighted by molar-refractivity contribution is 0.0952. The fourth-order valence-electron chi connectivity index (χ4n) is 2.55. The van der Waals surface area contributed by atoms with Crippen LogP contribution in [0, 0.1) is 0 Å². The van der Waals surface area contributed by atoms with E-state index in [-0.39, 0.29) is 35.5 Å². The van der Waals surface area contributed by atoms with Gasteiger partial charge >= 0.3 is 0 Å². The van der Waals surface area contributed by atoms with Crippen molar-refractivity contribution in [3.63, 3.8) is 0 Å². The molecule has 0 aromatic heterocycles. The molecule has 146 valence electrons. The average molecular weight is 390 g/mol. The van der Waals surface area contributed by atoms with E-state index in [1.165, 1.54) is 12.5 Å². The van der Waals surface area contributed by atoms with E-state index in [1.807, 2.05) is 24.3 Å². The van der Waals surface area contributed by atoms with Crippen molar-refractivity contribution in [1.29, 1.82) is 0 Å². The third kappa shape index (κ3) is 5.80. The van der Waals surface area contributed by atoms with E-state index in [2.05, 4.69) is 23.9 Å².